The van der Waals surface area contributed by atoms with E-state index in [2.05, 4.69) is 21.7 Å². The van der Waals surface area contributed by atoms with E-state index < -0.39 is 0 Å². The zero-order valence-electron chi connectivity index (χ0n) is 16.2. The van der Waals surface area contributed by atoms with E-state index >= 15 is 0 Å². The van der Waals surface area contributed by atoms with Crippen molar-refractivity contribution in [3.63, 3.8) is 0 Å². The van der Waals surface area contributed by atoms with E-state index in [9.17, 15) is 4.79 Å². The summed E-state index contributed by atoms with van der Waals surface area (Å²) in [4.78, 5) is 18.5. The van der Waals surface area contributed by atoms with Crippen LogP contribution >= 0.6 is 11.3 Å². The van der Waals surface area contributed by atoms with Crippen LogP contribution in [0.2, 0.25) is 0 Å². The largest absolute Gasteiger partial charge is 0.497 e. The normalized spacial score (nSPS) is 16.1. The number of rotatable bonds is 5. The van der Waals surface area contributed by atoms with Crippen molar-refractivity contribution in [1.29, 1.82) is 0 Å². The molecule has 5 nitrogen and oxygen atoms in total. The standard InChI is InChI=1S/C22H25N3O2S/c1-14(16-3-4-18-12-19(27-2)6-5-17(18)11-16)21(26)25-22-24-13-20(28-22)15-7-9-23-10-8-15/h3-6,11-15,23H,7-10H2,1-2H3,(H,24,25,26)/t14-/m0/s1. The molecule has 0 spiro atoms. The van der Waals surface area contributed by atoms with E-state index in [0.717, 1.165) is 48.0 Å². The lowest BCUT2D eigenvalue weighted by Crippen LogP contribution is -2.26. The number of anilines is 1. The fourth-order valence-corrected chi connectivity index (χ4v) is 4.63. The van der Waals surface area contributed by atoms with Gasteiger partial charge >= 0.3 is 0 Å². The van der Waals surface area contributed by atoms with Gasteiger partial charge in [0.05, 0.1) is 13.0 Å². The molecule has 6 heteroatoms. The number of carbonyl (C=O) groups excluding carboxylic acids is 1. The minimum atomic E-state index is -0.252. The van der Waals surface area contributed by atoms with Crippen LogP contribution in [0, 0.1) is 0 Å². The summed E-state index contributed by atoms with van der Waals surface area (Å²) in [5, 5.41) is 9.27. The second-order valence-electron chi connectivity index (χ2n) is 7.28. The number of carbonyl (C=O) groups is 1. The maximum Gasteiger partial charge on any atom is 0.233 e. The van der Waals surface area contributed by atoms with Crippen molar-refractivity contribution in [2.45, 2.75) is 31.6 Å². The number of nitrogens with one attached hydrogen (secondary N) is 2. The molecule has 146 valence electrons. The topological polar surface area (TPSA) is 63.2 Å². The summed E-state index contributed by atoms with van der Waals surface area (Å²) in [6.45, 7) is 4.03. The molecule has 1 aliphatic rings. The van der Waals surface area contributed by atoms with Gasteiger partial charge in [-0.25, -0.2) is 4.98 Å². The zero-order chi connectivity index (χ0) is 19.5. The van der Waals surface area contributed by atoms with Gasteiger partial charge in [0.15, 0.2) is 5.13 Å². The van der Waals surface area contributed by atoms with Crippen molar-refractivity contribution < 1.29 is 9.53 Å². The number of hydrogen-bond acceptors (Lipinski definition) is 5. The fourth-order valence-electron chi connectivity index (χ4n) is 3.64. The third-order valence-corrected chi connectivity index (χ3v) is 6.54. The third-order valence-electron chi connectivity index (χ3n) is 5.46. The van der Waals surface area contributed by atoms with Gasteiger partial charge in [0.2, 0.25) is 5.91 Å². The second-order valence-corrected chi connectivity index (χ2v) is 8.34. The summed E-state index contributed by atoms with van der Waals surface area (Å²) >= 11 is 1.60. The van der Waals surface area contributed by atoms with Crippen molar-refractivity contribution in [2.75, 3.05) is 25.5 Å². The van der Waals surface area contributed by atoms with E-state index in [4.69, 9.17) is 4.74 Å². The molecule has 1 fully saturated rings. The van der Waals surface area contributed by atoms with Crippen LogP contribution in [-0.4, -0.2) is 31.1 Å². The van der Waals surface area contributed by atoms with Crippen LogP contribution in [0.4, 0.5) is 5.13 Å². The number of nitrogens with zero attached hydrogens (tertiary/aromatic N) is 1. The van der Waals surface area contributed by atoms with Crippen LogP contribution in [0.25, 0.3) is 10.8 Å². The lowest BCUT2D eigenvalue weighted by atomic mass is 9.97. The van der Waals surface area contributed by atoms with E-state index in [1.807, 2.05) is 43.5 Å². The molecule has 2 heterocycles. The minimum Gasteiger partial charge on any atom is -0.497 e. The molecule has 1 atom stereocenters. The highest BCUT2D eigenvalue weighted by Gasteiger charge is 2.20. The Morgan fingerprint density at radius 3 is 2.75 bits per heavy atom. The molecular weight excluding hydrogens is 370 g/mol. The summed E-state index contributed by atoms with van der Waals surface area (Å²) in [7, 11) is 1.66. The van der Waals surface area contributed by atoms with Gasteiger partial charge in [-0.3, -0.25) is 4.79 Å². The first kappa shape index (κ1) is 18.9. The van der Waals surface area contributed by atoms with Crippen LogP contribution in [0.15, 0.2) is 42.6 Å². The molecule has 0 bridgehead atoms. The Hall–Kier alpha value is -2.44. The van der Waals surface area contributed by atoms with Crippen LogP contribution in [0.1, 0.15) is 42.0 Å². The molecule has 2 N–H and O–H groups in total. The highest BCUT2D eigenvalue weighted by atomic mass is 32.1. The summed E-state index contributed by atoms with van der Waals surface area (Å²) < 4.78 is 5.28. The van der Waals surface area contributed by atoms with Crippen molar-refractivity contribution in [1.82, 2.24) is 10.3 Å². The maximum atomic E-state index is 12.8. The highest BCUT2D eigenvalue weighted by molar-refractivity contribution is 7.15. The fraction of sp³-hybridized carbons (Fsp3) is 0.364. The summed E-state index contributed by atoms with van der Waals surface area (Å²) in [5.41, 5.74) is 0.991. The number of amides is 1. The van der Waals surface area contributed by atoms with Gasteiger partial charge in [0, 0.05) is 11.1 Å². The SMILES string of the molecule is COc1ccc2cc([C@H](C)C(=O)Nc3ncc(C4CCNCC4)s3)ccc2c1. The molecule has 0 saturated carbocycles. The number of methoxy groups -OCH3 is 1. The maximum absolute atomic E-state index is 12.8. The monoisotopic (exact) mass is 395 g/mol. The first-order chi connectivity index (χ1) is 13.6. The average molecular weight is 396 g/mol. The van der Waals surface area contributed by atoms with Crippen molar-refractivity contribution in [3.05, 3.63) is 53.0 Å². The predicted octanol–water partition coefficient (Wildman–Crippen LogP) is 4.51. The second kappa shape index (κ2) is 8.29. The minimum absolute atomic E-state index is 0.0286. The van der Waals surface area contributed by atoms with Crippen molar-refractivity contribution >= 4 is 33.1 Å². The molecule has 28 heavy (non-hydrogen) atoms. The molecule has 1 saturated heterocycles. The number of thiazole rings is 1. The van der Waals surface area contributed by atoms with Gasteiger partial charge in [-0.2, -0.15) is 0 Å². The number of hydrogen-bond donors (Lipinski definition) is 2. The summed E-state index contributed by atoms with van der Waals surface area (Å²) in [6.07, 6.45) is 4.19. The molecule has 1 amide bonds. The van der Waals surface area contributed by atoms with E-state index in [0.29, 0.717) is 11.0 Å². The van der Waals surface area contributed by atoms with Gasteiger partial charge in [-0.15, -0.1) is 11.3 Å². The van der Waals surface area contributed by atoms with Gasteiger partial charge in [0.1, 0.15) is 5.75 Å². The Kier molecular flexibility index (Phi) is 5.59. The van der Waals surface area contributed by atoms with Crippen LogP contribution in [0.5, 0.6) is 5.75 Å². The Morgan fingerprint density at radius 2 is 1.96 bits per heavy atom. The Morgan fingerprint density at radius 1 is 1.21 bits per heavy atom. The molecule has 2 aromatic carbocycles. The zero-order valence-corrected chi connectivity index (χ0v) is 17.0. The molecule has 0 unspecified atom stereocenters. The van der Waals surface area contributed by atoms with E-state index in [1.165, 1.54) is 4.88 Å². The predicted molar refractivity (Wildman–Crippen MR) is 115 cm³/mol. The molecular formula is C22H25N3O2S. The summed E-state index contributed by atoms with van der Waals surface area (Å²) in [5.74, 6) is 1.11. The van der Waals surface area contributed by atoms with Gasteiger partial charge < -0.3 is 15.4 Å². The molecule has 1 aliphatic heterocycles. The first-order valence-corrected chi connectivity index (χ1v) is 10.5. The quantitative estimate of drug-likeness (QED) is 0.667. The van der Waals surface area contributed by atoms with Gasteiger partial charge in [0.25, 0.3) is 0 Å². The lowest BCUT2D eigenvalue weighted by molar-refractivity contribution is -0.117. The van der Waals surface area contributed by atoms with Crippen LogP contribution < -0.4 is 15.4 Å². The lowest BCUT2D eigenvalue weighted by Gasteiger charge is -2.20. The molecule has 0 aliphatic carbocycles. The molecule has 0 radical (unpaired) electrons. The molecule has 4 rings (SSSR count). The Labute approximate surface area is 169 Å². The first-order valence-electron chi connectivity index (χ1n) is 9.69. The van der Waals surface area contributed by atoms with E-state index in [1.54, 1.807) is 18.4 Å². The number of aromatic nitrogens is 1. The van der Waals surface area contributed by atoms with Gasteiger partial charge in [-0.1, -0.05) is 24.3 Å². The number of piperidine rings is 1. The average Bonchev–Trinajstić information content (AvgIpc) is 3.21. The molecule has 1 aromatic heterocycles. The smallest absolute Gasteiger partial charge is 0.233 e. The van der Waals surface area contributed by atoms with Gasteiger partial charge in [-0.05, 0) is 67.2 Å². The third kappa shape index (κ3) is 4.03. The molecule has 3 aromatic rings. The van der Waals surface area contributed by atoms with E-state index in [-0.39, 0.29) is 11.8 Å². The Balaban J connectivity index is 1.46. The van der Waals surface area contributed by atoms with Crippen molar-refractivity contribution in [2.24, 2.45) is 0 Å². The number of benzene rings is 2. The summed E-state index contributed by atoms with van der Waals surface area (Å²) in [6, 6.07) is 12.1. The van der Waals surface area contributed by atoms with Crippen LogP contribution in [-0.2, 0) is 4.79 Å². The Bertz CT molecular complexity index is 979. The van der Waals surface area contributed by atoms with Crippen LogP contribution in [0.3, 0.4) is 0 Å². The number of ether oxygens (including phenoxy) is 1. The van der Waals surface area contributed by atoms with Crippen molar-refractivity contribution in [3.8, 4) is 5.75 Å². The number of fused-ring (bicyclic) bond motifs is 1. The highest BCUT2D eigenvalue weighted by Crippen LogP contribution is 2.32.